The van der Waals surface area contributed by atoms with E-state index in [4.69, 9.17) is 9.57 Å². The summed E-state index contributed by atoms with van der Waals surface area (Å²) >= 11 is 0. The predicted octanol–water partition coefficient (Wildman–Crippen LogP) is 5.82. The van der Waals surface area contributed by atoms with Gasteiger partial charge in [-0.05, 0) is 111 Å². The van der Waals surface area contributed by atoms with Crippen LogP contribution in [0.1, 0.15) is 99.8 Å². The van der Waals surface area contributed by atoms with E-state index in [9.17, 15) is 19.8 Å². The molecule has 3 N–H and O–H groups in total. The van der Waals surface area contributed by atoms with Crippen molar-refractivity contribution in [2.75, 3.05) is 6.61 Å². The molecule has 230 valence electrons. The Labute approximate surface area is 246 Å². The number of hydroxylamine groups is 1. The maximum absolute atomic E-state index is 13.7. The number of aliphatic hydroxyl groups is 2. The number of allylic oxidation sites excluding steroid dienone is 2. The van der Waals surface area contributed by atoms with Crippen LogP contribution in [-0.4, -0.2) is 47.0 Å². The summed E-state index contributed by atoms with van der Waals surface area (Å²) in [6.45, 7) is 18.5. The van der Waals surface area contributed by atoms with E-state index in [0.717, 1.165) is 31.3 Å². The minimum Gasteiger partial charge on any atom is -0.458 e. The van der Waals surface area contributed by atoms with Crippen LogP contribution in [0.15, 0.2) is 35.5 Å². The normalized spacial score (nSPS) is 42.7. The van der Waals surface area contributed by atoms with E-state index in [2.05, 4.69) is 45.8 Å². The number of carbonyl (C=O) groups excluding carboxylic acids is 2. The van der Waals surface area contributed by atoms with Gasteiger partial charge in [-0.3, -0.25) is 14.4 Å². The van der Waals surface area contributed by atoms with Crippen molar-refractivity contribution in [2.45, 2.75) is 118 Å². The fourth-order valence-corrected chi connectivity index (χ4v) is 10.0. The van der Waals surface area contributed by atoms with E-state index in [1.54, 1.807) is 6.08 Å². The van der Waals surface area contributed by atoms with Crippen LogP contribution in [0.2, 0.25) is 0 Å². The molecule has 41 heavy (non-hydrogen) atoms. The molecule has 0 radical (unpaired) electrons. The van der Waals surface area contributed by atoms with Crippen LogP contribution in [-0.2, 0) is 19.2 Å². The van der Waals surface area contributed by atoms with Gasteiger partial charge in [-0.25, -0.2) is 5.48 Å². The predicted molar refractivity (Wildman–Crippen MR) is 159 cm³/mol. The maximum Gasteiger partial charge on any atom is 0.303 e. The Morgan fingerprint density at radius 3 is 2.41 bits per heavy atom. The number of ether oxygens (including phenoxy) is 1. The largest absolute Gasteiger partial charge is 0.458 e. The van der Waals surface area contributed by atoms with Crippen molar-refractivity contribution in [3.8, 4) is 0 Å². The first-order valence-electron chi connectivity index (χ1n) is 15.6. The zero-order chi connectivity index (χ0) is 30.3. The van der Waals surface area contributed by atoms with Crippen molar-refractivity contribution in [2.24, 2.45) is 39.9 Å². The van der Waals surface area contributed by atoms with Crippen LogP contribution >= 0.6 is 0 Å². The lowest BCUT2D eigenvalue weighted by Gasteiger charge is -2.69. The minimum absolute atomic E-state index is 0.0566. The number of hydrogen-bond donors (Lipinski definition) is 3. The highest BCUT2D eigenvalue weighted by Crippen LogP contribution is 2.74. The van der Waals surface area contributed by atoms with Crippen molar-refractivity contribution >= 4 is 11.9 Å². The second kappa shape index (κ2) is 12.0. The molecule has 0 bridgehead atoms. The lowest BCUT2D eigenvalue weighted by Crippen LogP contribution is -2.65. The number of fused-ring (bicyclic) bond motifs is 5. The summed E-state index contributed by atoms with van der Waals surface area (Å²) in [6, 6.07) is 0. The SMILES string of the molecule is C=CCONC(=O)/C(CCC=C(C)C)=C1\[C@@H](OC(C)=O)C[C@@]2(C)[C@H]1C[C@@H](O)[C@H]1[C@@]3(C)CC[C@@H](O)[C@@H](C)[C@@H]3CC[C@@]12C. The van der Waals surface area contributed by atoms with Crippen LogP contribution in [0.5, 0.6) is 0 Å². The van der Waals surface area contributed by atoms with E-state index in [-0.39, 0.29) is 58.6 Å². The molecule has 0 unspecified atom stereocenters. The van der Waals surface area contributed by atoms with Gasteiger partial charge in [-0.15, -0.1) is 6.58 Å². The van der Waals surface area contributed by atoms with Gasteiger partial charge in [0.2, 0.25) is 0 Å². The number of esters is 1. The van der Waals surface area contributed by atoms with Crippen LogP contribution < -0.4 is 5.48 Å². The highest BCUT2D eigenvalue weighted by atomic mass is 16.6. The number of carbonyl (C=O) groups is 2. The summed E-state index contributed by atoms with van der Waals surface area (Å²) in [6.07, 6.45) is 8.20. The molecule has 4 fully saturated rings. The molecule has 0 aromatic carbocycles. The maximum atomic E-state index is 13.7. The average molecular weight is 572 g/mol. The first kappa shape index (κ1) is 32.0. The summed E-state index contributed by atoms with van der Waals surface area (Å²) in [5, 5.41) is 22.8. The number of hydrogen-bond acceptors (Lipinski definition) is 6. The van der Waals surface area contributed by atoms with Crippen molar-refractivity contribution < 1.29 is 29.4 Å². The molecular weight excluding hydrogens is 518 g/mol. The van der Waals surface area contributed by atoms with E-state index < -0.39 is 12.2 Å². The number of rotatable bonds is 8. The third kappa shape index (κ3) is 5.47. The van der Waals surface area contributed by atoms with Gasteiger partial charge in [0.15, 0.2) is 0 Å². The smallest absolute Gasteiger partial charge is 0.303 e. The molecule has 0 aliphatic heterocycles. The van der Waals surface area contributed by atoms with E-state index in [1.807, 2.05) is 13.8 Å². The Kier molecular flexibility index (Phi) is 9.33. The molecule has 0 heterocycles. The molecule has 4 aliphatic rings. The van der Waals surface area contributed by atoms with Crippen LogP contribution in [0.25, 0.3) is 0 Å². The monoisotopic (exact) mass is 571 g/mol. The van der Waals surface area contributed by atoms with Crippen molar-refractivity contribution in [1.29, 1.82) is 0 Å². The Bertz CT molecular complexity index is 1090. The molecule has 4 saturated carbocycles. The average Bonchev–Trinajstić information content (AvgIpc) is 3.15. The summed E-state index contributed by atoms with van der Waals surface area (Å²) in [5.41, 5.74) is 4.60. The number of amides is 1. The third-order valence-electron chi connectivity index (χ3n) is 12.0. The molecule has 7 nitrogen and oxygen atoms in total. The Morgan fingerprint density at radius 2 is 1.78 bits per heavy atom. The zero-order valence-corrected chi connectivity index (χ0v) is 26.3. The van der Waals surface area contributed by atoms with Crippen LogP contribution in [0.4, 0.5) is 0 Å². The van der Waals surface area contributed by atoms with E-state index in [0.29, 0.717) is 37.2 Å². The fourth-order valence-electron chi connectivity index (χ4n) is 10.0. The molecule has 0 aromatic rings. The minimum atomic E-state index is -0.557. The molecular formula is C34H53NO6. The van der Waals surface area contributed by atoms with Gasteiger partial charge < -0.3 is 14.9 Å². The highest BCUT2D eigenvalue weighted by molar-refractivity contribution is 5.94. The summed E-state index contributed by atoms with van der Waals surface area (Å²) < 4.78 is 6.02. The summed E-state index contributed by atoms with van der Waals surface area (Å²) in [7, 11) is 0. The van der Waals surface area contributed by atoms with Crippen LogP contribution in [0.3, 0.4) is 0 Å². The Hall–Kier alpha value is -1.96. The van der Waals surface area contributed by atoms with Gasteiger partial charge in [0.05, 0.1) is 18.8 Å². The Morgan fingerprint density at radius 1 is 1.07 bits per heavy atom. The highest BCUT2D eigenvalue weighted by Gasteiger charge is 2.70. The molecule has 4 rings (SSSR count). The molecule has 1 amide bonds. The molecule has 0 saturated heterocycles. The van der Waals surface area contributed by atoms with Crippen LogP contribution in [0, 0.1) is 39.9 Å². The quantitative estimate of drug-likeness (QED) is 0.112. The van der Waals surface area contributed by atoms with Gasteiger partial charge in [0, 0.05) is 12.5 Å². The molecule has 4 aliphatic carbocycles. The van der Waals surface area contributed by atoms with Gasteiger partial charge in [-0.1, -0.05) is 45.4 Å². The topological polar surface area (TPSA) is 105 Å². The lowest BCUT2D eigenvalue weighted by molar-refractivity contribution is -0.234. The summed E-state index contributed by atoms with van der Waals surface area (Å²) in [5.74, 6) is -0.187. The summed E-state index contributed by atoms with van der Waals surface area (Å²) in [4.78, 5) is 31.5. The van der Waals surface area contributed by atoms with Crippen molar-refractivity contribution in [1.82, 2.24) is 5.48 Å². The lowest BCUT2D eigenvalue weighted by atomic mass is 9.36. The van der Waals surface area contributed by atoms with Gasteiger partial charge in [0.25, 0.3) is 5.91 Å². The second-order valence-corrected chi connectivity index (χ2v) is 14.4. The molecule has 7 heteroatoms. The number of aliphatic hydroxyl groups excluding tert-OH is 2. The second-order valence-electron chi connectivity index (χ2n) is 14.4. The molecule has 10 atom stereocenters. The molecule has 0 aromatic heterocycles. The Balaban J connectivity index is 1.82. The first-order chi connectivity index (χ1) is 19.2. The fraction of sp³-hybridized carbons (Fsp3) is 0.765. The van der Waals surface area contributed by atoms with E-state index >= 15 is 0 Å². The van der Waals surface area contributed by atoms with Gasteiger partial charge in [-0.2, -0.15) is 0 Å². The third-order valence-corrected chi connectivity index (χ3v) is 12.0. The zero-order valence-electron chi connectivity index (χ0n) is 26.3. The first-order valence-corrected chi connectivity index (χ1v) is 15.6. The van der Waals surface area contributed by atoms with E-state index in [1.165, 1.54) is 12.5 Å². The molecule has 0 spiro atoms. The standard InChI is InChI=1S/C34H53NO6/c1-9-17-40-35-31(39)23(12-10-11-20(2)3)29-25-18-27(38)30-32(6)15-14-26(37)21(4)24(32)13-16-33(30,7)34(25,8)19-28(29)41-22(5)36/h9,11,21,24-28,30,37-38H,1,10,12-19H2,2-8H3,(H,35,39)/b29-23-/t21-,24-,25-,26+,27+,28-,30-,32-,33-,34-/m0/s1. The van der Waals surface area contributed by atoms with Gasteiger partial charge in [0.1, 0.15) is 6.10 Å². The number of nitrogens with one attached hydrogen (secondary N) is 1. The van der Waals surface area contributed by atoms with Gasteiger partial charge >= 0.3 is 5.97 Å². The van der Waals surface area contributed by atoms with Crippen molar-refractivity contribution in [3.05, 3.63) is 35.5 Å². The van der Waals surface area contributed by atoms with Crippen molar-refractivity contribution in [3.63, 3.8) is 0 Å².